The summed E-state index contributed by atoms with van der Waals surface area (Å²) in [5, 5.41) is 5.43. The topological polar surface area (TPSA) is 98.0 Å². The zero-order valence-electron chi connectivity index (χ0n) is 12.5. The Kier molecular flexibility index (Phi) is 5.15. The first-order valence-corrected chi connectivity index (χ1v) is 8.36. The van der Waals surface area contributed by atoms with Gasteiger partial charge in [-0.1, -0.05) is 11.8 Å². The first-order valence-electron chi connectivity index (χ1n) is 6.50. The number of nitrogens with two attached hydrogens (primary N) is 1. The zero-order valence-corrected chi connectivity index (χ0v) is 14.1. The Morgan fingerprint density at radius 3 is 2.50 bits per heavy atom. The third-order valence-corrected chi connectivity index (χ3v) is 4.81. The molecule has 0 saturated heterocycles. The normalized spacial score (nSPS) is 10.5. The number of anilines is 1. The number of thioether (sulfide) groups is 1. The molecule has 2 heterocycles. The van der Waals surface area contributed by atoms with Gasteiger partial charge in [-0.2, -0.15) is 0 Å². The maximum absolute atomic E-state index is 12.0. The van der Waals surface area contributed by atoms with Crippen molar-refractivity contribution in [3.05, 3.63) is 34.0 Å². The summed E-state index contributed by atoms with van der Waals surface area (Å²) in [5.41, 5.74) is 8.43. The van der Waals surface area contributed by atoms with Gasteiger partial charge in [-0.25, -0.2) is 9.97 Å². The van der Waals surface area contributed by atoms with E-state index in [0.29, 0.717) is 15.7 Å². The van der Waals surface area contributed by atoms with Gasteiger partial charge in [-0.05, 0) is 37.8 Å². The van der Waals surface area contributed by atoms with E-state index < -0.39 is 5.91 Å². The van der Waals surface area contributed by atoms with Gasteiger partial charge < -0.3 is 11.1 Å². The molecule has 3 N–H and O–H groups in total. The van der Waals surface area contributed by atoms with Gasteiger partial charge in [0, 0.05) is 11.4 Å². The number of primary amides is 1. The molecule has 0 spiro atoms. The van der Waals surface area contributed by atoms with Gasteiger partial charge in [-0.3, -0.25) is 9.59 Å². The Morgan fingerprint density at radius 1 is 1.27 bits per heavy atom. The van der Waals surface area contributed by atoms with Crippen LogP contribution in [0.3, 0.4) is 0 Å². The van der Waals surface area contributed by atoms with Crippen LogP contribution < -0.4 is 11.1 Å². The zero-order chi connectivity index (χ0) is 16.3. The summed E-state index contributed by atoms with van der Waals surface area (Å²) in [5.74, 6) is -0.621. The van der Waals surface area contributed by atoms with E-state index >= 15 is 0 Å². The highest BCUT2D eigenvalue weighted by atomic mass is 32.2. The molecular weight excluding hydrogens is 320 g/mol. The lowest BCUT2D eigenvalue weighted by atomic mass is 10.2. The fourth-order valence-electron chi connectivity index (χ4n) is 1.70. The highest BCUT2D eigenvalue weighted by Gasteiger charge is 2.13. The second kappa shape index (κ2) is 6.89. The Balaban J connectivity index is 1.99. The number of thiophene rings is 1. The van der Waals surface area contributed by atoms with Gasteiger partial charge >= 0.3 is 0 Å². The quantitative estimate of drug-likeness (QED) is 0.645. The van der Waals surface area contributed by atoms with Gasteiger partial charge in [0.25, 0.3) is 5.91 Å². The van der Waals surface area contributed by atoms with Crippen molar-refractivity contribution in [2.45, 2.75) is 25.9 Å². The minimum absolute atomic E-state index is 0.165. The SMILES string of the molecule is Cc1nc(SCC(=O)Nc2sccc2C(N)=O)nc(C)c1C. The lowest BCUT2D eigenvalue weighted by Crippen LogP contribution is -2.18. The number of hydrogen-bond donors (Lipinski definition) is 2. The molecule has 2 rings (SSSR count). The first kappa shape index (κ1) is 16.4. The number of rotatable bonds is 5. The number of carbonyl (C=O) groups is 2. The summed E-state index contributed by atoms with van der Waals surface area (Å²) in [4.78, 5) is 31.9. The Hall–Kier alpha value is -1.93. The molecular formula is C14H16N4O2S2. The maximum atomic E-state index is 12.0. The van der Waals surface area contributed by atoms with E-state index in [0.717, 1.165) is 17.0 Å². The molecule has 0 saturated carbocycles. The van der Waals surface area contributed by atoms with Gasteiger partial charge in [-0.15, -0.1) is 11.3 Å². The molecule has 0 radical (unpaired) electrons. The molecule has 116 valence electrons. The summed E-state index contributed by atoms with van der Waals surface area (Å²) in [6, 6.07) is 1.59. The maximum Gasteiger partial charge on any atom is 0.251 e. The number of amides is 2. The van der Waals surface area contributed by atoms with E-state index in [9.17, 15) is 9.59 Å². The van der Waals surface area contributed by atoms with Crippen LogP contribution in [0.5, 0.6) is 0 Å². The molecule has 2 aromatic heterocycles. The second-order valence-corrected chi connectivity index (χ2v) is 6.53. The monoisotopic (exact) mass is 336 g/mol. The van der Waals surface area contributed by atoms with E-state index in [-0.39, 0.29) is 11.7 Å². The first-order chi connectivity index (χ1) is 10.4. The summed E-state index contributed by atoms with van der Waals surface area (Å²) >= 11 is 2.52. The fraction of sp³-hybridized carbons (Fsp3) is 0.286. The van der Waals surface area contributed by atoms with Crippen molar-refractivity contribution < 1.29 is 9.59 Å². The Bertz CT molecular complexity index is 704. The van der Waals surface area contributed by atoms with Crippen molar-refractivity contribution in [3.63, 3.8) is 0 Å². The van der Waals surface area contributed by atoms with Crippen LogP contribution in [0.15, 0.2) is 16.6 Å². The largest absolute Gasteiger partial charge is 0.366 e. The van der Waals surface area contributed by atoms with Crippen LogP contribution in [-0.4, -0.2) is 27.5 Å². The Morgan fingerprint density at radius 2 is 1.91 bits per heavy atom. The van der Waals surface area contributed by atoms with E-state index in [1.165, 1.54) is 23.1 Å². The van der Waals surface area contributed by atoms with Crippen LogP contribution in [0.1, 0.15) is 27.3 Å². The number of aryl methyl sites for hydroxylation is 2. The van der Waals surface area contributed by atoms with Crippen molar-refractivity contribution in [2.75, 3.05) is 11.1 Å². The second-order valence-electron chi connectivity index (χ2n) is 4.67. The molecule has 0 fully saturated rings. The number of nitrogens with one attached hydrogen (secondary N) is 1. The number of carbonyl (C=O) groups excluding carboxylic acids is 2. The summed E-state index contributed by atoms with van der Waals surface area (Å²) in [6.07, 6.45) is 0. The molecule has 6 nitrogen and oxygen atoms in total. The molecule has 0 aliphatic carbocycles. The molecule has 0 aromatic carbocycles. The lowest BCUT2D eigenvalue weighted by Gasteiger charge is -2.07. The number of hydrogen-bond acceptors (Lipinski definition) is 6. The smallest absolute Gasteiger partial charge is 0.251 e. The fourth-order valence-corrected chi connectivity index (χ4v) is 3.24. The highest BCUT2D eigenvalue weighted by Crippen LogP contribution is 2.23. The molecule has 2 aromatic rings. The number of aromatic nitrogens is 2. The average Bonchev–Trinajstić information content (AvgIpc) is 2.90. The van der Waals surface area contributed by atoms with Crippen LogP contribution >= 0.6 is 23.1 Å². The average molecular weight is 336 g/mol. The van der Waals surface area contributed by atoms with Gasteiger partial charge in [0.2, 0.25) is 5.91 Å². The van der Waals surface area contributed by atoms with Gasteiger partial charge in [0.1, 0.15) is 5.00 Å². The summed E-state index contributed by atoms with van der Waals surface area (Å²) in [6.45, 7) is 5.80. The lowest BCUT2D eigenvalue weighted by molar-refractivity contribution is -0.113. The number of nitrogens with zero attached hydrogens (tertiary/aromatic N) is 2. The standard InChI is InChI=1S/C14H16N4O2S2/c1-7-8(2)16-14(17-9(7)3)22-6-11(19)18-13-10(12(15)20)4-5-21-13/h4-5H,6H2,1-3H3,(H2,15,20)(H,18,19). The third kappa shape index (κ3) is 3.83. The molecule has 8 heteroatoms. The molecule has 0 atom stereocenters. The van der Waals surface area contributed by atoms with E-state index in [1.54, 1.807) is 11.4 Å². The van der Waals surface area contributed by atoms with Crippen molar-refractivity contribution in [1.29, 1.82) is 0 Å². The van der Waals surface area contributed by atoms with Crippen LogP contribution in [0.25, 0.3) is 0 Å². The van der Waals surface area contributed by atoms with Gasteiger partial charge in [0.15, 0.2) is 5.16 Å². The highest BCUT2D eigenvalue weighted by molar-refractivity contribution is 7.99. The molecule has 0 aliphatic heterocycles. The van der Waals surface area contributed by atoms with Crippen molar-refractivity contribution in [1.82, 2.24) is 9.97 Å². The molecule has 0 unspecified atom stereocenters. The van der Waals surface area contributed by atoms with Crippen molar-refractivity contribution in [2.24, 2.45) is 5.73 Å². The van der Waals surface area contributed by atoms with Crippen LogP contribution in [0.4, 0.5) is 5.00 Å². The molecule has 0 aliphatic rings. The minimum atomic E-state index is -0.558. The van der Waals surface area contributed by atoms with Crippen molar-refractivity contribution in [3.8, 4) is 0 Å². The third-order valence-electron chi connectivity index (χ3n) is 3.13. The van der Waals surface area contributed by atoms with E-state index in [4.69, 9.17) is 5.73 Å². The molecule has 0 bridgehead atoms. The summed E-state index contributed by atoms with van der Waals surface area (Å²) in [7, 11) is 0. The molecule has 2 amide bonds. The van der Waals surface area contributed by atoms with Crippen molar-refractivity contribution >= 4 is 39.9 Å². The molecule has 22 heavy (non-hydrogen) atoms. The Labute approximate surface area is 136 Å². The van der Waals surface area contributed by atoms with Crippen LogP contribution in [0, 0.1) is 20.8 Å². The predicted octanol–water partition coefficient (Wildman–Crippen LogP) is 2.29. The van der Waals surface area contributed by atoms with E-state index in [1.807, 2.05) is 20.8 Å². The summed E-state index contributed by atoms with van der Waals surface area (Å²) < 4.78 is 0. The minimum Gasteiger partial charge on any atom is -0.366 e. The van der Waals surface area contributed by atoms with E-state index in [2.05, 4.69) is 15.3 Å². The van der Waals surface area contributed by atoms with Gasteiger partial charge in [0.05, 0.1) is 11.3 Å². The predicted molar refractivity (Wildman–Crippen MR) is 88.4 cm³/mol. The van der Waals surface area contributed by atoms with Crippen LogP contribution in [0.2, 0.25) is 0 Å². The van der Waals surface area contributed by atoms with Crippen LogP contribution in [-0.2, 0) is 4.79 Å².